The summed E-state index contributed by atoms with van der Waals surface area (Å²) in [5, 5.41) is 4.95. The Labute approximate surface area is 117 Å². The topological polar surface area (TPSA) is 87.7 Å². The van der Waals surface area contributed by atoms with Crippen molar-refractivity contribution in [2.75, 3.05) is 13.1 Å². The van der Waals surface area contributed by atoms with Crippen molar-refractivity contribution < 1.29 is 19.1 Å². The van der Waals surface area contributed by atoms with Crippen LogP contribution in [0.25, 0.3) is 0 Å². The minimum Gasteiger partial charge on any atom is -0.365 e. The van der Waals surface area contributed by atoms with Crippen LogP contribution in [0.2, 0.25) is 0 Å². The van der Waals surface area contributed by atoms with Crippen LogP contribution < -0.4 is 10.6 Å². The summed E-state index contributed by atoms with van der Waals surface area (Å²) in [7, 11) is 0. The molecule has 0 aromatic heterocycles. The van der Waals surface area contributed by atoms with Crippen LogP contribution in [0.5, 0.6) is 0 Å². The Balaban J connectivity index is 1.60. The summed E-state index contributed by atoms with van der Waals surface area (Å²) in [5.74, 6) is -0.269. The molecule has 0 aromatic carbocycles. The van der Waals surface area contributed by atoms with Crippen molar-refractivity contribution in [1.82, 2.24) is 15.5 Å². The Morgan fingerprint density at radius 2 is 2.00 bits per heavy atom. The zero-order chi connectivity index (χ0) is 14.3. The van der Waals surface area contributed by atoms with Gasteiger partial charge in [-0.2, -0.15) is 0 Å². The minimum atomic E-state index is -0.822. The van der Waals surface area contributed by atoms with Crippen molar-refractivity contribution in [2.45, 2.75) is 50.4 Å². The van der Waals surface area contributed by atoms with Crippen LogP contribution in [0.1, 0.15) is 32.6 Å². The zero-order valence-corrected chi connectivity index (χ0v) is 11.5. The predicted molar refractivity (Wildman–Crippen MR) is 68.8 cm³/mol. The average Bonchev–Trinajstić information content (AvgIpc) is 2.95. The number of ether oxygens (including phenoxy) is 1. The Morgan fingerprint density at radius 1 is 1.30 bits per heavy atom. The van der Waals surface area contributed by atoms with E-state index in [1.807, 2.05) is 6.92 Å². The monoisotopic (exact) mass is 281 g/mol. The lowest BCUT2D eigenvalue weighted by molar-refractivity contribution is -0.145. The molecule has 3 saturated heterocycles. The fraction of sp³-hybridized carbons (Fsp3) is 0.769. The molecule has 0 saturated carbocycles. The van der Waals surface area contributed by atoms with Crippen LogP contribution in [-0.2, 0) is 14.3 Å². The number of carbonyl (C=O) groups is 3. The molecule has 1 spiro atoms. The van der Waals surface area contributed by atoms with Gasteiger partial charge in [0, 0.05) is 13.1 Å². The van der Waals surface area contributed by atoms with Crippen LogP contribution >= 0.6 is 0 Å². The summed E-state index contributed by atoms with van der Waals surface area (Å²) < 4.78 is 5.59. The third kappa shape index (κ3) is 2.15. The van der Waals surface area contributed by atoms with E-state index in [4.69, 9.17) is 4.74 Å². The normalized spacial score (nSPS) is 32.4. The molecule has 3 rings (SSSR count). The lowest BCUT2D eigenvalue weighted by Gasteiger charge is -2.37. The Morgan fingerprint density at radius 3 is 2.50 bits per heavy atom. The summed E-state index contributed by atoms with van der Waals surface area (Å²) in [6.07, 6.45) is 2.38. The van der Waals surface area contributed by atoms with E-state index in [1.165, 1.54) is 0 Å². The molecule has 3 aliphatic heterocycles. The molecule has 7 heteroatoms. The number of hydrogen-bond donors (Lipinski definition) is 2. The van der Waals surface area contributed by atoms with Crippen LogP contribution in [0.3, 0.4) is 0 Å². The average molecular weight is 281 g/mol. The summed E-state index contributed by atoms with van der Waals surface area (Å²) in [5.41, 5.74) is -0.822. The number of rotatable bonds is 1. The molecule has 2 atom stereocenters. The number of piperidine rings is 1. The molecule has 2 N–H and O–H groups in total. The van der Waals surface area contributed by atoms with E-state index < -0.39 is 11.6 Å². The number of urea groups is 1. The second-order valence-corrected chi connectivity index (χ2v) is 5.83. The summed E-state index contributed by atoms with van der Waals surface area (Å²) in [4.78, 5) is 37.1. The molecule has 0 aliphatic carbocycles. The number of nitrogens with zero attached hydrogens (tertiary/aromatic N) is 1. The highest BCUT2D eigenvalue weighted by molar-refractivity contribution is 6.07. The molecule has 2 unspecified atom stereocenters. The van der Waals surface area contributed by atoms with Gasteiger partial charge in [-0.15, -0.1) is 0 Å². The number of amides is 4. The first kappa shape index (κ1) is 13.4. The standard InChI is InChI=1S/C13H19N3O4/c1-8-2-3-9(20-8)10(17)16-6-4-13(5-7-16)11(18)14-12(19)15-13/h8-9H,2-7H2,1H3,(H2,14,15,18,19). The van der Waals surface area contributed by atoms with Gasteiger partial charge in [0.15, 0.2) is 0 Å². The van der Waals surface area contributed by atoms with E-state index in [1.54, 1.807) is 4.90 Å². The molecule has 3 aliphatic rings. The third-order valence-electron chi connectivity index (χ3n) is 4.45. The maximum absolute atomic E-state index is 12.3. The Hall–Kier alpha value is -1.63. The van der Waals surface area contributed by atoms with E-state index in [0.29, 0.717) is 25.9 Å². The summed E-state index contributed by atoms with van der Waals surface area (Å²) in [6.45, 7) is 2.92. The van der Waals surface area contributed by atoms with E-state index in [9.17, 15) is 14.4 Å². The number of imide groups is 1. The highest BCUT2D eigenvalue weighted by Gasteiger charge is 2.49. The first-order chi connectivity index (χ1) is 9.50. The van der Waals surface area contributed by atoms with Crippen LogP contribution in [0, 0.1) is 0 Å². The van der Waals surface area contributed by atoms with Gasteiger partial charge in [0.05, 0.1) is 6.10 Å². The van der Waals surface area contributed by atoms with E-state index >= 15 is 0 Å². The fourth-order valence-corrected chi connectivity index (χ4v) is 3.18. The molecular formula is C13H19N3O4. The quantitative estimate of drug-likeness (QED) is 0.649. The van der Waals surface area contributed by atoms with E-state index in [2.05, 4.69) is 10.6 Å². The molecular weight excluding hydrogens is 262 g/mol. The molecule has 3 heterocycles. The largest absolute Gasteiger partial charge is 0.365 e. The Kier molecular flexibility index (Phi) is 3.16. The van der Waals surface area contributed by atoms with Gasteiger partial charge in [-0.05, 0) is 32.6 Å². The third-order valence-corrected chi connectivity index (χ3v) is 4.45. The van der Waals surface area contributed by atoms with Gasteiger partial charge in [-0.1, -0.05) is 0 Å². The van der Waals surface area contributed by atoms with Crippen LogP contribution in [-0.4, -0.2) is 53.6 Å². The first-order valence-corrected chi connectivity index (χ1v) is 7.08. The minimum absolute atomic E-state index is 0.00827. The molecule has 0 aromatic rings. The highest BCUT2D eigenvalue weighted by Crippen LogP contribution is 2.28. The molecule has 20 heavy (non-hydrogen) atoms. The van der Waals surface area contributed by atoms with E-state index in [-0.39, 0.29) is 24.0 Å². The van der Waals surface area contributed by atoms with Gasteiger partial charge in [-0.3, -0.25) is 14.9 Å². The molecule has 0 bridgehead atoms. The van der Waals surface area contributed by atoms with Crippen molar-refractivity contribution in [3.8, 4) is 0 Å². The van der Waals surface area contributed by atoms with Crippen LogP contribution in [0.4, 0.5) is 4.79 Å². The number of nitrogens with one attached hydrogen (secondary N) is 2. The number of carbonyl (C=O) groups excluding carboxylic acids is 3. The first-order valence-electron chi connectivity index (χ1n) is 7.08. The molecule has 7 nitrogen and oxygen atoms in total. The number of likely N-dealkylation sites (tertiary alicyclic amines) is 1. The lowest BCUT2D eigenvalue weighted by atomic mass is 9.87. The van der Waals surface area contributed by atoms with Crippen molar-refractivity contribution in [1.29, 1.82) is 0 Å². The summed E-state index contributed by atoms with van der Waals surface area (Å²) in [6, 6.07) is -0.442. The molecule has 110 valence electrons. The fourth-order valence-electron chi connectivity index (χ4n) is 3.18. The Bertz CT molecular complexity index is 457. The van der Waals surface area contributed by atoms with Crippen LogP contribution in [0.15, 0.2) is 0 Å². The zero-order valence-electron chi connectivity index (χ0n) is 11.5. The predicted octanol–water partition coefficient (Wildman–Crippen LogP) is -0.245. The second kappa shape index (κ2) is 4.73. The molecule has 0 radical (unpaired) electrons. The van der Waals surface area contributed by atoms with Gasteiger partial charge >= 0.3 is 6.03 Å². The van der Waals surface area contributed by atoms with Gasteiger partial charge in [0.2, 0.25) is 0 Å². The number of hydrogen-bond acceptors (Lipinski definition) is 4. The molecule has 3 fully saturated rings. The lowest BCUT2D eigenvalue weighted by Crippen LogP contribution is -2.56. The molecule has 4 amide bonds. The maximum Gasteiger partial charge on any atom is 0.322 e. The van der Waals surface area contributed by atoms with E-state index in [0.717, 1.165) is 12.8 Å². The SMILES string of the molecule is CC1CCC(C(=O)N2CCC3(CC2)NC(=O)NC3=O)O1. The van der Waals surface area contributed by atoms with Gasteiger partial charge in [-0.25, -0.2) is 4.79 Å². The highest BCUT2D eigenvalue weighted by atomic mass is 16.5. The maximum atomic E-state index is 12.3. The van der Waals surface area contributed by atoms with Gasteiger partial charge in [0.25, 0.3) is 11.8 Å². The van der Waals surface area contributed by atoms with Crippen molar-refractivity contribution >= 4 is 17.8 Å². The van der Waals surface area contributed by atoms with Crippen molar-refractivity contribution in [2.24, 2.45) is 0 Å². The van der Waals surface area contributed by atoms with Gasteiger partial charge < -0.3 is 15.0 Å². The van der Waals surface area contributed by atoms with Crippen molar-refractivity contribution in [3.63, 3.8) is 0 Å². The van der Waals surface area contributed by atoms with Crippen molar-refractivity contribution in [3.05, 3.63) is 0 Å². The van der Waals surface area contributed by atoms with Gasteiger partial charge in [0.1, 0.15) is 11.6 Å². The smallest absolute Gasteiger partial charge is 0.322 e. The summed E-state index contributed by atoms with van der Waals surface area (Å²) >= 11 is 0. The second-order valence-electron chi connectivity index (χ2n) is 5.83.